The number of ether oxygens (including phenoxy) is 1. The number of hydrogen-bond donors (Lipinski definition) is 2. The number of hydrogen-bond acceptors (Lipinski definition) is 5. The molecule has 2 amide bonds. The second-order valence-electron chi connectivity index (χ2n) is 8.65. The maximum Gasteiger partial charge on any atom is 0.328 e. The molecule has 2 fully saturated rings. The monoisotopic (exact) mass is 415 g/mol. The Morgan fingerprint density at radius 3 is 2.57 bits per heavy atom. The summed E-state index contributed by atoms with van der Waals surface area (Å²) in [7, 11) is 1.32. The zero-order valence-corrected chi connectivity index (χ0v) is 18.1. The van der Waals surface area contributed by atoms with Crippen LogP contribution < -0.4 is 10.6 Å². The Labute approximate surface area is 178 Å². The molecule has 2 aliphatic heterocycles. The third-order valence-electron chi connectivity index (χ3n) is 6.28. The van der Waals surface area contributed by atoms with Crippen LogP contribution in [0.2, 0.25) is 0 Å². The Balaban J connectivity index is 1.93. The van der Waals surface area contributed by atoms with Crippen molar-refractivity contribution in [1.29, 1.82) is 0 Å². The number of carbonyl (C=O) groups is 3. The van der Waals surface area contributed by atoms with Crippen LogP contribution in [0.4, 0.5) is 0 Å². The second-order valence-corrected chi connectivity index (χ2v) is 8.65. The first-order valence-electron chi connectivity index (χ1n) is 10.9. The van der Waals surface area contributed by atoms with Crippen molar-refractivity contribution in [3.63, 3.8) is 0 Å². The summed E-state index contributed by atoms with van der Waals surface area (Å²) >= 11 is 0. The molecule has 7 heteroatoms. The van der Waals surface area contributed by atoms with E-state index in [9.17, 15) is 14.4 Å². The molecular weight excluding hydrogens is 382 g/mol. The van der Waals surface area contributed by atoms with Gasteiger partial charge in [0, 0.05) is 13.0 Å². The Morgan fingerprint density at radius 1 is 1.23 bits per heavy atom. The molecule has 0 aliphatic carbocycles. The fourth-order valence-electron chi connectivity index (χ4n) is 4.62. The number of likely N-dealkylation sites (tertiary alicyclic amines) is 1. The van der Waals surface area contributed by atoms with Crippen LogP contribution >= 0.6 is 0 Å². The molecule has 2 aliphatic rings. The summed E-state index contributed by atoms with van der Waals surface area (Å²) in [5.41, 5.74) is -0.0185. The molecule has 30 heavy (non-hydrogen) atoms. The van der Waals surface area contributed by atoms with Gasteiger partial charge in [0.25, 0.3) is 0 Å². The molecule has 1 unspecified atom stereocenters. The number of amides is 2. The molecule has 164 valence electrons. The van der Waals surface area contributed by atoms with E-state index >= 15 is 0 Å². The third-order valence-corrected chi connectivity index (χ3v) is 6.28. The van der Waals surface area contributed by atoms with Crippen molar-refractivity contribution >= 4 is 17.8 Å². The highest BCUT2D eigenvalue weighted by molar-refractivity contribution is 5.96. The Hall–Kier alpha value is -2.41. The molecule has 0 bridgehead atoms. The molecule has 3 rings (SSSR count). The summed E-state index contributed by atoms with van der Waals surface area (Å²) in [5.74, 6) is -0.895. The quantitative estimate of drug-likeness (QED) is 0.662. The van der Waals surface area contributed by atoms with Crippen molar-refractivity contribution in [2.24, 2.45) is 5.92 Å². The van der Waals surface area contributed by atoms with Gasteiger partial charge in [-0.3, -0.25) is 9.59 Å². The van der Waals surface area contributed by atoms with Crippen LogP contribution in [0, 0.1) is 5.92 Å². The van der Waals surface area contributed by atoms with Crippen molar-refractivity contribution in [2.75, 3.05) is 20.2 Å². The van der Waals surface area contributed by atoms with Gasteiger partial charge in [0.2, 0.25) is 11.8 Å². The molecule has 3 atom stereocenters. The lowest BCUT2D eigenvalue weighted by molar-refractivity contribution is -0.151. The largest absolute Gasteiger partial charge is 0.467 e. The minimum absolute atomic E-state index is 0.0183. The third kappa shape index (κ3) is 4.51. The molecule has 0 saturated carbocycles. The number of benzene rings is 1. The molecule has 0 aromatic heterocycles. The second kappa shape index (κ2) is 9.60. The van der Waals surface area contributed by atoms with E-state index in [4.69, 9.17) is 4.74 Å². The van der Waals surface area contributed by atoms with Gasteiger partial charge in [-0.25, -0.2) is 4.79 Å². The predicted octanol–water partition coefficient (Wildman–Crippen LogP) is 1.66. The van der Waals surface area contributed by atoms with Crippen molar-refractivity contribution < 1.29 is 19.1 Å². The van der Waals surface area contributed by atoms with Crippen LogP contribution in [0.3, 0.4) is 0 Å². The van der Waals surface area contributed by atoms with Gasteiger partial charge in [-0.05, 0) is 43.7 Å². The predicted molar refractivity (Wildman–Crippen MR) is 114 cm³/mol. The van der Waals surface area contributed by atoms with E-state index in [0.717, 1.165) is 31.4 Å². The molecule has 0 radical (unpaired) electrons. The highest BCUT2D eigenvalue weighted by atomic mass is 16.5. The molecule has 2 saturated heterocycles. The first-order valence-corrected chi connectivity index (χ1v) is 10.9. The Morgan fingerprint density at radius 2 is 1.97 bits per heavy atom. The molecule has 2 heterocycles. The van der Waals surface area contributed by atoms with Crippen molar-refractivity contribution in [1.82, 2.24) is 15.5 Å². The smallest absolute Gasteiger partial charge is 0.328 e. The first-order chi connectivity index (χ1) is 14.4. The molecule has 7 nitrogen and oxygen atoms in total. The van der Waals surface area contributed by atoms with Gasteiger partial charge >= 0.3 is 5.97 Å². The lowest BCUT2D eigenvalue weighted by Crippen LogP contribution is -2.63. The topological polar surface area (TPSA) is 87.7 Å². The fraction of sp³-hybridized carbons (Fsp3) is 0.609. The maximum absolute atomic E-state index is 13.7. The van der Waals surface area contributed by atoms with Crippen LogP contribution in [0.25, 0.3) is 0 Å². The number of rotatable bonds is 7. The minimum Gasteiger partial charge on any atom is -0.467 e. The van der Waals surface area contributed by atoms with E-state index in [1.807, 2.05) is 44.2 Å². The molecule has 2 N–H and O–H groups in total. The number of esters is 1. The van der Waals surface area contributed by atoms with Crippen molar-refractivity contribution in [3.8, 4) is 0 Å². The first kappa shape index (κ1) is 22.3. The average Bonchev–Trinajstić information content (AvgIpc) is 3.42. The van der Waals surface area contributed by atoms with E-state index in [1.165, 1.54) is 7.11 Å². The normalized spacial score (nSPS) is 24.7. The SMILES string of the molecule is COC(=O)[C@@H](NC(=O)C1(Cc2ccccc2)CCCN1C(=O)[C@@H]1CCCN1)C(C)C. The number of nitrogens with zero attached hydrogens (tertiary/aromatic N) is 1. The Kier molecular flexibility index (Phi) is 7.13. The lowest BCUT2D eigenvalue weighted by Gasteiger charge is -2.39. The van der Waals surface area contributed by atoms with Crippen LogP contribution in [0.1, 0.15) is 45.1 Å². The van der Waals surface area contributed by atoms with Crippen molar-refractivity contribution in [2.45, 2.75) is 63.6 Å². The fourth-order valence-corrected chi connectivity index (χ4v) is 4.62. The van der Waals surface area contributed by atoms with Gasteiger partial charge in [0.05, 0.1) is 13.2 Å². The molecule has 1 aromatic carbocycles. The van der Waals surface area contributed by atoms with Gasteiger partial charge in [-0.1, -0.05) is 44.2 Å². The van der Waals surface area contributed by atoms with Gasteiger partial charge in [-0.15, -0.1) is 0 Å². The molecule has 1 aromatic rings. The summed E-state index contributed by atoms with van der Waals surface area (Å²) in [6.07, 6.45) is 3.49. The van der Waals surface area contributed by atoms with E-state index in [-0.39, 0.29) is 23.8 Å². The lowest BCUT2D eigenvalue weighted by atomic mass is 9.85. The summed E-state index contributed by atoms with van der Waals surface area (Å²) in [6, 6.07) is 8.76. The van der Waals surface area contributed by atoms with Crippen LogP contribution in [0.15, 0.2) is 30.3 Å². The van der Waals surface area contributed by atoms with E-state index in [2.05, 4.69) is 10.6 Å². The van der Waals surface area contributed by atoms with E-state index in [0.29, 0.717) is 19.4 Å². The summed E-state index contributed by atoms with van der Waals surface area (Å²) in [6.45, 7) is 5.10. The number of carbonyl (C=O) groups excluding carboxylic acids is 3. The standard InChI is InChI=1S/C23H33N3O4/c1-16(2)19(21(28)30-3)25-22(29)23(15-17-9-5-4-6-10-17)12-8-14-26(23)20(27)18-11-7-13-24-18/h4-6,9-10,16,18-19,24H,7-8,11-15H2,1-3H3,(H,25,29)/t18-,19-,23?/m0/s1. The highest BCUT2D eigenvalue weighted by Gasteiger charge is 2.51. The van der Waals surface area contributed by atoms with Gasteiger partial charge in [0.1, 0.15) is 11.6 Å². The zero-order valence-electron chi connectivity index (χ0n) is 18.1. The van der Waals surface area contributed by atoms with Crippen LogP contribution in [-0.4, -0.2) is 60.5 Å². The van der Waals surface area contributed by atoms with Gasteiger partial charge in [0.15, 0.2) is 0 Å². The minimum atomic E-state index is -1.01. The summed E-state index contributed by atoms with van der Waals surface area (Å²) < 4.78 is 4.90. The Bertz CT molecular complexity index is 761. The van der Waals surface area contributed by atoms with Crippen LogP contribution in [0.5, 0.6) is 0 Å². The highest BCUT2D eigenvalue weighted by Crippen LogP contribution is 2.35. The van der Waals surface area contributed by atoms with Crippen molar-refractivity contribution in [3.05, 3.63) is 35.9 Å². The summed E-state index contributed by atoms with van der Waals surface area (Å²) in [5, 5.41) is 6.18. The van der Waals surface area contributed by atoms with Gasteiger partial charge in [-0.2, -0.15) is 0 Å². The van der Waals surface area contributed by atoms with E-state index in [1.54, 1.807) is 4.90 Å². The molecular formula is C23H33N3O4. The number of methoxy groups -OCH3 is 1. The number of nitrogens with one attached hydrogen (secondary N) is 2. The van der Waals surface area contributed by atoms with E-state index < -0.39 is 17.6 Å². The zero-order chi connectivity index (χ0) is 21.7. The van der Waals surface area contributed by atoms with Gasteiger partial charge < -0.3 is 20.3 Å². The summed E-state index contributed by atoms with van der Waals surface area (Å²) in [4.78, 5) is 41.1. The molecule has 0 spiro atoms. The van der Waals surface area contributed by atoms with Crippen LogP contribution in [-0.2, 0) is 25.5 Å². The maximum atomic E-state index is 13.7. The average molecular weight is 416 g/mol.